The summed E-state index contributed by atoms with van der Waals surface area (Å²) < 4.78 is 5.03. The van der Waals surface area contributed by atoms with Crippen LogP contribution in [0.1, 0.15) is 40.5 Å². The Balaban J connectivity index is 0.000000921. The Morgan fingerprint density at radius 3 is 2.20 bits per heavy atom. The number of ether oxygens (including phenoxy) is 1. The number of aliphatic hydroxyl groups excluding tert-OH is 1. The van der Waals surface area contributed by atoms with Gasteiger partial charge in [-0.25, -0.2) is 4.79 Å². The number of hydrogen-bond acceptors (Lipinski definition) is 3. The first kappa shape index (κ1) is 14.2. The van der Waals surface area contributed by atoms with E-state index in [1.54, 1.807) is 4.90 Å². The molecule has 1 aliphatic rings. The summed E-state index contributed by atoms with van der Waals surface area (Å²) in [6.07, 6.45) is 0.741. The molecular formula is C11H23NO3. The zero-order valence-electron chi connectivity index (χ0n) is 10.2. The number of amides is 1. The van der Waals surface area contributed by atoms with E-state index in [2.05, 4.69) is 0 Å². The van der Waals surface area contributed by atoms with Gasteiger partial charge in [0.25, 0.3) is 0 Å². The summed E-state index contributed by atoms with van der Waals surface area (Å²) >= 11 is 0. The quantitative estimate of drug-likeness (QED) is 0.731. The Morgan fingerprint density at radius 1 is 1.33 bits per heavy atom. The van der Waals surface area contributed by atoms with Crippen LogP contribution < -0.4 is 0 Å². The Morgan fingerprint density at radius 2 is 1.80 bits per heavy atom. The molecule has 1 fully saturated rings. The van der Waals surface area contributed by atoms with Gasteiger partial charge in [-0.05, 0) is 26.7 Å². The van der Waals surface area contributed by atoms with Gasteiger partial charge in [-0.2, -0.15) is 0 Å². The van der Waals surface area contributed by atoms with Crippen molar-refractivity contribution in [2.45, 2.75) is 52.7 Å². The summed E-state index contributed by atoms with van der Waals surface area (Å²) in [6.45, 7) is 8.87. The molecule has 0 saturated carbocycles. The maximum Gasteiger partial charge on any atom is 0.410 e. The number of carbonyl (C=O) groups excluding carboxylic acids is 1. The number of aliphatic hydroxyl groups is 1. The van der Waals surface area contributed by atoms with Gasteiger partial charge in [0, 0.05) is 13.1 Å². The van der Waals surface area contributed by atoms with Crippen LogP contribution in [0.2, 0.25) is 0 Å². The van der Waals surface area contributed by atoms with Gasteiger partial charge in [0.1, 0.15) is 0 Å². The highest BCUT2D eigenvalue weighted by molar-refractivity contribution is 5.67. The van der Waals surface area contributed by atoms with Gasteiger partial charge in [0.15, 0.2) is 0 Å². The van der Waals surface area contributed by atoms with Gasteiger partial charge in [-0.3, -0.25) is 0 Å². The molecule has 0 radical (unpaired) electrons. The number of hydrogen-bond donors (Lipinski definition) is 1. The molecule has 0 bridgehead atoms. The topological polar surface area (TPSA) is 49.8 Å². The Kier molecular flexibility index (Phi) is 7.13. The summed E-state index contributed by atoms with van der Waals surface area (Å²) in [4.78, 5) is 13.0. The van der Waals surface area contributed by atoms with E-state index in [1.165, 1.54) is 0 Å². The molecule has 1 aliphatic heterocycles. The molecule has 15 heavy (non-hydrogen) atoms. The van der Waals surface area contributed by atoms with Gasteiger partial charge >= 0.3 is 6.09 Å². The first-order valence-electron chi connectivity index (χ1n) is 5.73. The predicted octanol–water partition coefficient (Wildman–Crippen LogP) is 2.01. The molecule has 4 heteroatoms. The van der Waals surface area contributed by atoms with Crippen molar-refractivity contribution in [1.82, 2.24) is 4.90 Å². The minimum absolute atomic E-state index is 0.0700. The molecule has 0 aromatic carbocycles. The highest BCUT2D eigenvalue weighted by Crippen LogP contribution is 2.11. The number of piperidine rings is 1. The maximum absolute atomic E-state index is 11.3. The van der Waals surface area contributed by atoms with Crippen LogP contribution in [-0.2, 0) is 4.74 Å². The molecule has 0 atom stereocenters. The van der Waals surface area contributed by atoms with E-state index in [0.29, 0.717) is 25.9 Å². The molecule has 0 unspecified atom stereocenters. The lowest BCUT2D eigenvalue weighted by atomic mass is 10.1. The van der Waals surface area contributed by atoms with Crippen LogP contribution in [0.5, 0.6) is 0 Å². The second-order valence-corrected chi connectivity index (χ2v) is 3.65. The predicted molar refractivity (Wildman–Crippen MR) is 59.8 cm³/mol. The van der Waals surface area contributed by atoms with E-state index in [4.69, 9.17) is 4.74 Å². The molecule has 0 aromatic heterocycles. The molecular weight excluding hydrogens is 194 g/mol. The van der Waals surface area contributed by atoms with Crippen molar-refractivity contribution in [3.05, 3.63) is 0 Å². The molecule has 0 aliphatic carbocycles. The van der Waals surface area contributed by atoms with Gasteiger partial charge < -0.3 is 14.7 Å². The van der Waals surface area contributed by atoms with Gasteiger partial charge in [0.2, 0.25) is 0 Å². The van der Waals surface area contributed by atoms with Crippen LogP contribution in [0.25, 0.3) is 0 Å². The molecule has 0 spiro atoms. The molecule has 0 aromatic rings. The lowest BCUT2D eigenvalue weighted by molar-refractivity contribution is 0.0457. The lowest BCUT2D eigenvalue weighted by Gasteiger charge is -2.29. The van der Waals surface area contributed by atoms with Crippen molar-refractivity contribution < 1.29 is 14.6 Å². The van der Waals surface area contributed by atoms with E-state index in [-0.39, 0.29) is 18.3 Å². The van der Waals surface area contributed by atoms with Gasteiger partial charge in [-0.15, -0.1) is 0 Å². The normalized spacial score (nSPS) is 17.1. The summed E-state index contributed by atoms with van der Waals surface area (Å²) in [5.41, 5.74) is 0. The second kappa shape index (κ2) is 7.51. The van der Waals surface area contributed by atoms with Gasteiger partial charge in [-0.1, -0.05) is 13.8 Å². The van der Waals surface area contributed by atoms with Crippen molar-refractivity contribution in [1.29, 1.82) is 0 Å². The highest BCUT2D eigenvalue weighted by atomic mass is 16.6. The van der Waals surface area contributed by atoms with Crippen LogP contribution in [0.3, 0.4) is 0 Å². The molecule has 90 valence electrons. The van der Waals surface area contributed by atoms with E-state index in [1.807, 2.05) is 27.7 Å². The average Bonchev–Trinajstić information content (AvgIpc) is 2.20. The summed E-state index contributed by atoms with van der Waals surface area (Å²) in [5, 5.41) is 9.21. The standard InChI is InChI=1S/C9H17NO3.C2H6/c1-7(2)13-9(12)10-5-3-8(11)4-6-10;1-2/h7-8,11H,3-6H2,1-2H3;1-2H3. The van der Waals surface area contributed by atoms with Crippen molar-refractivity contribution in [3.63, 3.8) is 0 Å². The Hall–Kier alpha value is -0.770. The smallest absolute Gasteiger partial charge is 0.410 e. The third-order valence-electron chi connectivity index (χ3n) is 2.06. The third-order valence-corrected chi connectivity index (χ3v) is 2.06. The minimum Gasteiger partial charge on any atom is -0.447 e. The second-order valence-electron chi connectivity index (χ2n) is 3.65. The highest BCUT2D eigenvalue weighted by Gasteiger charge is 2.22. The van der Waals surface area contributed by atoms with Crippen LogP contribution >= 0.6 is 0 Å². The zero-order chi connectivity index (χ0) is 11.8. The largest absolute Gasteiger partial charge is 0.447 e. The van der Waals surface area contributed by atoms with E-state index < -0.39 is 0 Å². The van der Waals surface area contributed by atoms with E-state index in [0.717, 1.165) is 0 Å². The van der Waals surface area contributed by atoms with Crippen LogP contribution in [-0.4, -0.2) is 41.4 Å². The number of likely N-dealkylation sites (tertiary alicyclic amines) is 1. The fourth-order valence-corrected chi connectivity index (χ4v) is 1.32. The SMILES string of the molecule is CC.CC(C)OC(=O)N1CCC(O)CC1. The first-order chi connectivity index (χ1) is 7.09. The number of nitrogens with zero attached hydrogens (tertiary/aromatic N) is 1. The van der Waals surface area contributed by atoms with Crippen LogP contribution in [0.15, 0.2) is 0 Å². The fourth-order valence-electron chi connectivity index (χ4n) is 1.32. The van der Waals surface area contributed by atoms with Crippen molar-refractivity contribution >= 4 is 6.09 Å². The third kappa shape index (κ3) is 5.62. The summed E-state index contributed by atoms with van der Waals surface area (Å²) in [6, 6.07) is 0. The molecule has 4 nitrogen and oxygen atoms in total. The van der Waals surface area contributed by atoms with Crippen molar-refractivity contribution in [2.24, 2.45) is 0 Å². The molecule has 1 heterocycles. The van der Waals surface area contributed by atoms with E-state index >= 15 is 0 Å². The van der Waals surface area contributed by atoms with Gasteiger partial charge in [0.05, 0.1) is 12.2 Å². The van der Waals surface area contributed by atoms with E-state index in [9.17, 15) is 9.90 Å². The number of carbonyl (C=O) groups is 1. The first-order valence-corrected chi connectivity index (χ1v) is 5.73. The summed E-state index contributed by atoms with van der Waals surface area (Å²) in [5.74, 6) is 0. The zero-order valence-corrected chi connectivity index (χ0v) is 10.2. The summed E-state index contributed by atoms with van der Waals surface area (Å²) in [7, 11) is 0. The molecule has 1 amide bonds. The van der Waals surface area contributed by atoms with Crippen molar-refractivity contribution in [3.8, 4) is 0 Å². The molecule has 1 saturated heterocycles. The van der Waals surface area contributed by atoms with Crippen LogP contribution in [0, 0.1) is 0 Å². The van der Waals surface area contributed by atoms with Crippen LogP contribution in [0.4, 0.5) is 4.79 Å². The Bertz CT molecular complexity index is 175. The Labute approximate surface area is 92.2 Å². The van der Waals surface area contributed by atoms with Crippen molar-refractivity contribution in [2.75, 3.05) is 13.1 Å². The lowest BCUT2D eigenvalue weighted by Crippen LogP contribution is -2.41. The average molecular weight is 217 g/mol. The molecule has 1 N–H and O–H groups in total. The fraction of sp³-hybridized carbons (Fsp3) is 0.909. The monoisotopic (exact) mass is 217 g/mol. The maximum atomic E-state index is 11.3. The number of rotatable bonds is 1. The minimum atomic E-state index is -0.262. The molecule has 1 rings (SSSR count).